The predicted octanol–water partition coefficient (Wildman–Crippen LogP) is 5.93. The predicted molar refractivity (Wildman–Crippen MR) is 178 cm³/mol. The molecule has 45 heavy (non-hydrogen) atoms. The maximum absolute atomic E-state index is 14.4. The summed E-state index contributed by atoms with van der Waals surface area (Å²) in [5.74, 6) is -0.402. The number of hydrogen-bond donors (Lipinski definition) is 0. The van der Waals surface area contributed by atoms with Gasteiger partial charge in [-0.15, -0.1) is 0 Å². The van der Waals surface area contributed by atoms with Crippen LogP contribution in [0.1, 0.15) is 34.7 Å². The van der Waals surface area contributed by atoms with Crippen molar-refractivity contribution in [2.24, 2.45) is 0 Å². The van der Waals surface area contributed by atoms with Crippen molar-refractivity contribution >= 4 is 34.8 Å². The number of carbonyl (C=O) groups excluding carboxylic acids is 2. The fourth-order valence-electron chi connectivity index (χ4n) is 5.58. The van der Waals surface area contributed by atoms with Crippen LogP contribution in [0.3, 0.4) is 0 Å². The molecular weight excluding hydrogens is 588 g/mol. The molecule has 5 rings (SSSR count). The normalized spacial score (nSPS) is 16.4. The Morgan fingerprint density at radius 3 is 2.22 bits per heavy atom. The lowest BCUT2D eigenvalue weighted by Gasteiger charge is -2.42. The van der Waals surface area contributed by atoms with Gasteiger partial charge in [0.05, 0.1) is 6.04 Å². The first-order valence-electron chi connectivity index (χ1n) is 15.0. The van der Waals surface area contributed by atoms with E-state index in [1.807, 2.05) is 96.7 Å². The van der Waals surface area contributed by atoms with Crippen molar-refractivity contribution in [2.75, 3.05) is 50.8 Å². The maximum atomic E-state index is 14.4. The molecule has 1 aliphatic rings. The van der Waals surface area contributed by atoms with Gasteiger partial charge in [-0.2, -0.15) is 0 Å². The Hall–Kier alpha value is -4.24. The molecule has 2 amide bonds. The zero-order chi connectivity index (χ0) is 31.8. The Bertz CT molecular complexity index is 1550. The van der Waals surface area contributed by atoms with E-state index >= 15 is 0 Å². The van der Waals surface area contributed by atoms with Crippen molar-refractivity contribution in [3.05, 3.63) is 125 Å². The molecule has 0 N–H and O–H groups in total. The topological polar surface area (TPSA) is 75.2 Å². The highest BCUT2D eigenvalue weighted by Gasteiger charge is 2.44. The molecule has 0 aliphatic carbocycles. The molecule has 1 saturated heterocycles. The molecule has 1 aliphatic heterocycles. The third kappa shape index (κ3) is 8.08. The summed E-state index contributed by atoms with van der Waals surface area (Å²) >= 11 is 6.25. The van der Waals surface area contributed by atoms with Crippen LogP contribution in [-0.4, -0.2) is 68.8 Å². The monoisotopic (exact) mass is 626 g/mol. The van der Waals surface area contributed by atoms with Gasteiger partial charge in [-0.25, -0.2) is 0 Å². The molecule has 4 aromatic rings. The molecular formula is C36H39ClN4O4. The SMILES string of the molecule is COCCCN(Cc1ccc(N(C)C)cc1)C(=O)[C@H]1OCC(=O)N(c2ccc(Cc3ccncc3)cc2)[C@@H]1c1ccc(Cl)cc1. The highest BCUT2D eigenvalue weighted by Crippen LogP contribution is 2.36. The Morgan fingerprint density at radius 2 is 1.58 bits per heavy atom. The number of halogens is 1. The third-order valence-electron chi connectivity index (χ3n) is 7.96. The van der Waals surface area contributed by atoms with Crippen LogP contribution in [0.5, 0.6) is 0 Å². The van der Waals surface area contributed by atoms with Crippen molar-refractivity contribution in [1.29, 1.82) is 0 Å². The summed E-state index contributed by atoms with van der Waals surface area (Å²) < 4.78 is 11.4. The van der Waals surface area contributed by atoms with Gasteiger partial charge in [0.1, 0.15) is 6.61 Å². The molecule has 0 radical (unpaired) electrons. The number of rotatable bonds is 12. The molecule has 2 atom stereocenters. The van der Waals surface area contributed by atoms with Crippen molar-refractivity contribution in [2.45, 2.75) is 31.5 Å². The summed E-state index contributed by atoms with van der Waals surface area (Å²) in [5, 5.41) is 0.569. The van der Waals surface area contributed by atoms with Crippen LogP contribution in [0, 0.1) is 0 Å². The van der Waals surface area contributed by atoms with Gasteiger partial charge < -0.3 is 19.3 Å². The van der Waals surface area contributed by atoms with Crippen molar-refractivity contribution in [3.63, 3.8) is 0 Å². The first kappa shape index (κ1) is 32.2. The summed E-state index contributed by atoms with van der Waals surface area (Å²) in [5.41, 5.74) is 5.79. The van der Waals surface area contributed by atoms with E-state index in [1.54, 1.807) is 36.5 Å². The van der Waals surface area contributed by atoms with E-state index in [0.717, 1.165) is 34.4 Å². The minimum atomic E-state index is -0.927. The molecule has 9 heteroatoms. The lowest BCUT2D eigenvalue weighted by atomic mass is 9.95. The maximum Gasteiger partial charge on any atom is 0.254 e. The van der Waals surface area contributed by atoms with E-state index < -0.39 is 12.1 Å². The van der Waals surface area contributed by atoms with Crippen LogP contribution < -0.4 is 9.80 Å². The second-order valence-electron chi connectivity index (χ2n) is 11.4. The fourth-order valence-corrected chi connectivity index (χ4v) is 5.71. The molecule has 0 bridgehead atoms. The van der Waals surface area contributed by atoms with Gasteiger partial charge in [0, 0.05) is 69.7 Å². The van der Waals surface area contributed by atoms with Gasteiger partial charge in [-0.3, -0.25) is 19.5 Å². The summed E-state index contributed by atoms with van der Waals surface area (Å²) in [7, 11) is 5.64. The van der Waals surface area contributed by atoms with E-state index in [2.05, 4.69) is 4.98 Å². The minimum Gasteiger partial charge on any atom is -0.385 e. The molecule has 0 saturated carbocycles. The number of pyridine rings is 1. The van der Waals surface area contributed by atoms with E-state index in [4.69, 9.17) is 21.1 Å². The molecule has 234 valence electrons. The number of carbonyl (C=O) groups is 2. The van der Waals surface area contributed by atoms with Gasteiger partial charge in [0.2, 0.25) is 0 Å². The van der Waals surface area contributed by atoms with Crippen LogP contribution in [0.4, 0.5) is 11.4 Å². The summed E-state index contributed by atoms with van der Waals surface area (Å²) in [4.78, 5) is 37.7. The number of benzene rings is 3. The standard InChI is InChI=1S/C36H39ClN4O4/c1-39(2)31-13-7-28(8-14-31)24-40(21-4-22-44-3)36(43)35-34(29-9-11-30(37)12-10-29)41(33(42)25-45-35)32-15-5-26(6-16-32)23-27-17-19-38-20-18-27/h5-20,34-35H,4,21-25H2,1-3H3/t34-,35+/m1/s1. The molecule has 0 spiro atoms. The Kier molecular flexibility index (Phi) is 10.8. The second-order valence-corrected chi connectivity index (χ2v) is 11.8. The fraction of sp³-hybridized carbons (Fsp3) is 0.306. The highest BCUT2D eigenvalue weighted by atomic mass is 35.5. The van der Waals surface area contributed by atoms with Crippen LogP contribution in [0.2, 0.25) is 5.02 Å². The molecule has 3 aromatic carbocycles. The van der Waals surface area contributed by atoms with E-state index in [9.17, 15) is 9.59 Å². The van der Waals surface area contributed by atoms with Gasteiger partial charge in [0.15, 0.2) is 6.10 Å². The van der Waals surface area contributed by atoms with Gasteiger partial charge >= 0.3 is 0 Å². The molecule has 8 nitrogen and oxygen atoms in total. The van der Waals surface area contributed by atoms with Gasteiger partial charge in [-0.05, 0) is 83.6 Å². The number of nitrogens with zero attached hydrogens (tertiary/aromatic N) is 4. The van der Waals surface area contributed by atoms with E-state index in [1.165, 1.54) is 0 Å². The van der Waals surface area contributed by atoms with Crippen LogP contribution in [-0.2, 0) is 32.0 Å². The average Bonchev–Trinajstić information content (AvgIpc) is 3.05. The largest absolute Gasteiger partial charge is 0.385 e. The molecule has 2 heterocycles. The van der Waals surface area contributed by atoms with Gasteiger partial charge in [-0.1, -0.05) is 48.0 Å². The Morgan fingerprint density at radius 1 is 0.933 bits per heavy atom. The lowest BCUT2D eigenvalue weighted by molar-refractivity contribution is -0.153. The van der Waals surface area contributed by atoms with Crippen molar-refractivity contribution in [1.82, 2.24) is 9.88 Å². The Balaban J connectivity index is 1.46. The number of anilines is 2. The third-order valence-corrected chi connectivity index (χ3v) is 8.21. The molecule has 0 unspecified atom stereocenters. The zero-order valence-electron chi connectivity index (χ0n) is 25.9. The highest BCUT2D eigenvalue weighted by molar-refractivity contribution is 6.30. The van der Waals surface area contributed by atoms with Crippen LogP contribution in [0.25, 0.3) is 0 Å². The van der Waals surface area contributed by atoms with Crippen molar-refractivity contribution in [3.8, 4) is 0 Å². The van der Waals surface area contributed by atoms with Gasteiger partial charge in [0.25, 0.3) is 11.8 Å². The summed E-state index contributed by atoms with van der Waals surface area (Å²) in [6, 6.07) is 26.6. The Labute approximate surface area is 270 Å². The average molecular weight is 627 g/mol. The number of morpholine rings is 1. The summed E-state index contributed by atoms with van der Waals surface area (Å²) in [6.07, 6.45) is 4.04. The number of aromatic nitrogens is 1. The van der Waals surface area contributed by atoms with Crippen LogP contribution in [0.15, 0.2) is 97.3 Å². The molecule has 1 fully saturated rings. The molecule has 1 aromatic heterocycles. The summed E-state index contributed by atoms with van der Waals surface area (Å²) in [6.45, 7) is 1.20. The first-order valence-corrected chi connectivity index (χ1v) is 15.4. The lowest BCUT2D eigenvalue weighted by Crippen LogP contribution is -2.55. The van der Waals surface area contributed by atoms with E-state index in [0.29, 0.717) is 36.8 Å². The number of ether oxygens (including phenoxy) is 2. The second kappa shape index (κ2) is 15.2. The van der Waals surface area contributed by atoms with Crippen LogP contribution >= 0.6 is 11.6 Å². The van der Waals surface area contributed by atoms with E-state index in [-0.39, 0.29) is 18.4 Å². The minimum absolute atomic E-state index is 0.186. The number of amides is 2. The number of methoxy groups -OCH3 is 1. The number of hydrogen-bond acceptors (Lipinski definition) is 6. The first-order chi connectivity index (χ1) is 21.8. The smallest absolute Gasteiger partial charge is 0.254 e. The zero-order valence-corrected chi connectivity index (χ0v) is 26.7. The quantitative estimate of drug-likeness (QED) is 0.182. The van der Waals surface area contributed by atoms with Crippen molar-refractivity contribution < 1.29 is 19.1 Å².